The van der Waals surface area contributed by atoms with E-state index in [1.165, 1.54) is 6.07 Å². The van der Waals surface area contributed by atoms with E-state index < -0.39 is 0 Å². The van der Waals surface area contributed by atoms with Gasteiger partial charge >= 0.3 is 0 Å². The summed E-state index contributed by atoms with van der Waals surface area (Å²) < 4.78 is 15.4. The van der Waals surface area contributed by atoms with Gasteiger partial charge in [0.05, 0.1) is 11.7 Å². The number of aromatic nitrogens is 5. The number of pyridine rings is 1. The summed E-state index contributed by atoms with van der Waals surface area (Å²) in [5, 5.41) is 5.43. The topological polar surface area (TPSA) is 63.0 Å². The van der Waals surface area contributed by atoms with E-state index in [-0.39, 0.29) is 5.82 Å². The van der Waals surface area contributed by atoms with Gasteiger partial charge in [0.2, 0.25) is 0 Å². The third-order valence-corrected chi connectivity index (χ3v) is 6.97. The lowest BCUT2D eigenvalue weighted by atomic mass is 9.97. The first kappa shape index (κ1) is 23.2. The summed E-state index contributed by atoms with van der Waals surface area (Å²) in [6.45, 7) is 7.26. The molecule has 186 valence electrons. The van der Waals surface area contributed by atoms with Crippen LogP contribution in [0.1, 0.15) is 12.5 Å². The molecule has 0 radical (unpaired) electrons. The molecule has 5 aromatic rings. The smallest absolute Gasteiger partial charge is 0.128 e. The Hall–Kier alpha value is -4.17. The molecule has 1 fully saturated rings. The van der Waals surface area contributed by atoms with Crippen LogP contribution in [0.5, 0.6) is 0 Å². The molecule has 2 aromatic carbocycles. The average molecular weight is 494 g/mol. The van der Waals surface area contributed by atoms with Crippen molar-refractivity contribution in [3.05, 3.63) is 91.0 Å². The minimum atomic E-state index is -0.179. The number of hydrogen-bond acceptors (Lipinski definition) is 6. The molecule has 0 spiro atoms. The number of fused-ring (bicyclic) bond motifs is 1. The molecule has 0 bridgehead atoms. The van der Waals surface area contributed by atoms with Crippen LogP contribution in [-0.2, 0) is 13.1 Å². The summed E-state index contributed by atoms with van der Waals surface area (Å²) in [6, 6.07) is 15.3. The van der Waals surface area contributed by atoms with E-state index in [0.717, 1.165) is 83.8 Å². The van der Waals surface area contributed by atoms with Crippen molar-refractivity contribution in [3.63, 3.8) is 0 Å². The van der Waals surface area contributed by atoms with Crippen molar-refractivity contribution in [2.45, 2.75) is 20.0 Å². The Bertz CT molecular complexity index is 1520. The predicted molar refractivity (Wildman–Crippen MR) is 144 cm³/mol. The molecular weight excluding hydrogens is 465 g/mol. The SMILES string of the molecule is CCn1cc(-c2cc(-c3ccc(N4CCN(Cc5cccc(F)c5)CC4)nc3)c3cncnc3c2)cn1. The van der Waals surface area contributed by atoms with Crippen molar-refractivity contribution in [2.24, 2.45) is 0 Å². The van der Waals surface area contributed by atoms with Crippen LogP contribution in [0.3, 0.4) is 0 Å². The van der Waals surface area contributed by atoms with Gasteiger partial charge in [0.15, 0.2) is 0 Å². The van der Waals surface area contributed by atoms with Gasteiger partial charge in [-0.05, 0) is 60.0 Å². The second kappa shape index (κ2) is 10.1. The van der Waals surface area contributed by atoms with E-state index in [2.05, 4.69) is 62.3 Å². The Morgan fingerprint density at radius 1 is 0.865 bits per heavy atom. The fraction of sp³-hybridized carbons (Fsp3) is 0.241. The Morgan fingerprint density at radius 2 is 1.76 bits per heavy atom. The Balaban J connectivity index is 1.21. The molecule has 4 heterocycles. The fourth-order valence-corrected chi connectivity index (χ4v) is 4.94. The van der Waals surface area contributed by atoms with Crippen LogP contribution in [-0.4, -0.2) is 55.8 Å². The van der Waals surface area contributed by atoms with Crippen LogP contribution in [0.2, 0.25) is 0 Å². The van der Waals surface area contributed by atoms with Crippen LogP contribution in [0, 0.1) is 5.82 Å². The van der Waals surface area contributed by atoms with Gasteiger partial charge in [-0.2, -0.15) is 5.10 Å². The standard InChI is InChI=1S/C29H28FN7/c1-2-37-19-24(16-34-37)23-13-26(27-17-31-20-33-28(27)14-23)22-6-7-29(32-15-22)36-10-8-35(9-11-36)18-21-4-3-5-25(30)12-21/h3-7,12-17,19-20H,2,8-11,18H2,1H3. The number of piperazine rings is 1. The molecule has 1 aliphatic heterocycles. The molecule has 7 nitrogen and oxygen atoms in total. The molecule has 37 heavy (non-hydrogen) atoms. The number of aryl methyl sites for hydroxylation is 1. The third kappa shape index (κ3) is 4.93. The maximum absolute atomic E-state index is 13.5. The van der Waals surface area contributed by atoms with Gasteiger partial charge < -0.3 is 4.90 Å². The summed E-state index contributed by atoms with van der Waals surface area (Å²) in [5.74, 6) is 0.788. The highest BCUT2D eigenvalue weighted by Gasteiger charge is 2.19. The molecule has 0 aliphatic carbocycles. The molecule has 3 aromatic heterocycles. The van der Waals surface area contributed by atoms with Crippen molar-refractivity contribution in [1.82, 2.24) is 29.6 Å². The van der Waals surface area contributed by atoms with Crippen molar-refractivity contribution in [2.75, 3.05) is 31.1 Å². The lowest BCUT2D eigenvalue weighted by Gasteiger charge is -2.35. The van der Waals surface area contributed by atoms with Crippen molar-refractivity contribution in [1.29, 1.82) is 0 Å². The van der Waals surface area contributed by atoms with E-state index in [0.29, 0.717) is 0 Å². The summed E-state index contributed by atoms with van der Waals surface area (Å²) in [4.78, 5) is 18.3. The molecular formula is C29H28FN7. The number of halogens is 1. The number of rotatable bonds is 6. The first-order valence-corrected chi connectivity index (χ1v) is 12.6. The van der Waals surface area contributed by atoms with Gasteiger partial charge in [0, 0.05) is 74.4 Å². The Morgan fingerprint density at radius 3 is 2.51 bits per heavy atom. The average Bonchev–Trinajstić information content (AvgIpc) is 3.43. The minimum Gasteiger partial charge on any atom is -0.354 e. The predicted octanol–water partition coefficient (Wildman–Crippen LogP) is 5.04. The van der Waals surface area contributed by atoms with Crippen molar-refractivity contribution in [3.8, 4) is 22.3 Å². The van der Waals surface area contributed by atoms with Crippen LogP contribution >= 0.6 is 0 Å². The van der Waals surface area contributed by atoms with E-state index in [1.54, 1.807) is 18.5 Å². The van der Waals surface area contributed by atoms with E-state index in [9.17, 15) is 4.39 Å². The molecule has 0 N–H and O–H groups in total. The maximum atomic E-state index is 13.5. The first-order valence-electron chi connectivity index (χ1n) is 12.6. The van der Waals surface area contributed by atoms with E-state index in [4.69, 9.17) is 4.98 Å². The van der Waals surface area contributed by atoms with Crippen LogP contribution in [0.4, 0.5) is 10.2 Å². The van der Waals surface area contributed by atoms with Crippen LogP contribution in [0.15, 0.2) is 79.6 Å². The third-order valence-electron chi connectivity index (χ3n) is 6.97. The van der Waals surface area contributed by atoms with Gasteiger partial charge in [-0.3, -0.25) is 9.58 Å². The summed E-state index contributed by atoms with van der Waals surface area (Å²) >= 11 is 0. The molecule has 1 aliphatic rings. The van der Waals surface area contributed by atoms with E-state index in [1.807, 2.05) is 29.3 Å². The molecule has 0 atom stereocenters. The quantitative estimate of drug-likeness (QED) is 0.330. The number of anilines is 1. The zero-order chi connectivity index (χ0) is 25.2. The summed E-state index contributed by atoms with van der Waals surface area (Å²) in [6.07, 6.45) is 9.34. The summed E-state index contributed by atoms with van der Waals surface area (Å²) in [5.41, 5.74) is 6.11. The summed E-state index contributed by atoms with van der Waals surface area (Å²) in [7, 11) is 0. The molecule has 0 saturated carbocycles. The monoisotopic (exact) mass is 493 g/mol. The molecule has 0 unspecified atom stereocenters. The number of hydrogen-bond donors (Lipinski definition) is 0. The van der Waals surface area contributed by atoms with Gasteiger partial charge in [0.1, 0.15) is 18.0 Å². The van der Waals surface area contributed by atoms with Crippen molar-refractivity contribution >= 4 is 16.7 Å². The minimum absolute atomic E-state index is 0.179. The second-order valence-electron chi connectivity index (χ2n) is 9.36. The lowest BCUT2D eigenvalue weighted by Crippen LogP contribution is -2.46. The van der Waals surface area contributed by atoms with Crippen LogP contribution in [0.25, 0.3) is 33.2 Å². The van der Waals surface area contributed by atoms with Crippen molar-refractivity contribution < 1.29 is 4.39 Å². The zero-order valence-corrected chi connectivity index (χ0v) is 20.8. The molecule has 0 amide bonds. The van der Waals surface area contributed by atoms with E-state index >= 15 is 0 Å². The Kier molecular flexibility index (Phi) is 6.32. The highest BCUT2D eigenvalue weighted by atomic mass is 19.1. The molecule has 1 saturated heterocycles. The number of benzene rings is 2. The fourth-order valence-electron chi connectivity index (χ4n) is 4.94. The van der Waals surface area contributed by atoms with Gasteiger partial charge in [-0.25, -0.2) is 19.3 Å². The lowest BCUT2D eigenvalue weighted by molar-refractivity contribution is 0.249. The zero-order valence-electron chi connectivity index (χ0n) is 20.8. The van der Waals surface area contributed by atoms with Gasteiger partial charge in [-0.15, -0.1) is 0 Å². The van der Waals surface area contributed by atoms with Crippen LogP contribution < -0.4 is 4.90 Å². The highest BCUT2D eigenvalue weighted by molar-refractivity contribution is 5.97. The Labute approximate surface area is 215 Å². The number of nitrogens with zero attached hydrogens (tertiary/aromatic N) is 7. The highest BCUT2D eigenvalue weighted by Crippen LogP contribution is 2.33. The normalized spacial score (nSPS) is 14.4. The molecule has 6 rings (SSSR count). The van der Waals surface area contributed by atoms with Gasteiger partial charge in [0.25, 0.3) is 0 Å². The van der Waals surface area contributed by atoms with Gasteiger partial charge in [-0.1, -0.05) is 12.1 Å². The second-order valence-corrected chi connectivity index (χ2v) is 9.36. The maximum Gasteiger partial charge on any atom is 0.128 e. The molecule has 8 heteroatoms. The first-order chi connectivity index (χ1) is 18.2. The largest absolute Gasteiger partial charge is 0.354 e.